The van der Waals surface area contributed by atoms with E-state index in [-0.39, 0.29) is 0 Å². The molecular weight excluding hydrogens is 112 g/mol. The van der Waals surface area contributed by atoms with Gasteiger partial charge in [-0.15, -0.1) is 0 Å². The first-order valence-corrected chi connectivity index (χ1v) is 2.14. The summed E-state index contributed by atoms with van der Waals surface area (Å²) in [6.45, 7) is 0. The number of nitrogens with one attached hydrogen (secondary N) is 1. The summed E-state index contributed by atoms with van der Waals surface area (Å²) in [7, 11) is 0. The van der Waals surface area contributed by atoms with Crippen LogP contribution in [-0.2, 0) is 0 Å². The molecule has 1 heterocycles. The van der Waals surface area contributed by atoms with Gasteiger partial charge in [0.05, 0.1) is 0 Å². The number of anilines is 1. The topological polar surface area (TPSA) is 54.9 Å². The van der Waals surface area contributed by atoms with E-state index in [9.17, 15) is 0 Å². The molecule has 0 spiro atoms. The second kappa shape index (κ2) is 1.38. The fraction of sp³-hybridized carbons (Fsp3) is 0. The highest BCUT2D eigenvalue weighted by Gasteiger charge is 1.82. The molecule has 1 rings (SSSR count). The third-order valence-corrected chi connectivity index (χ3v) is 0.744. The standard InChI is InChI=1S/C3H4N2OS/c4-2-1-3(7)6-5-2/h1,5H,4H2. The van der Waals surface area contributed by atoms with Crippen molar-refractivity contribution in [2.45, 2.75) is 0 Å². The first-order chi connectivity index (χ1) is 3.29. The van der Waals surface area contributed by atoms with Crippen LogP contribution >= 0.6 is 12.2 Å². The third kappa shape index (κ3) is 0.806. The van der Waals surface area contributed by atoms with Crippen molar-refractivity contribution >= 4 is 18.0 Å². The Bertz CT molecular complexity index is 201. The normalized spacial score (nSPS) is 9.14. The lowest BCUT2D eigenvalue weighted by atomic mass is 10.7. The third-order valence-electron chi connectivity index (χ3n) is 0.543. The summed E-state index contributed by atoms with van der Waals surface area (Å²) in [6, 6.07) is 1.54. The Balaban J connectivity index is 3.30. The van der Waals surface area contributed by atoms with Gasteiger partial charge in [-0.05, 0) is 12.2 Å². The van der Waals surface area contributed by atoms with Gasteiger partial charge in [0, 0.05) is 6.07 Å². The highest BCUT2D eigenvalue weighted by Crippen LogP contribution is 1.95. The zero-order valence-electron chi connectivity index (χ0n) is 3.47. The van der Waals surface area contributed by atoms with Crippen molar-refractivity contribution in [3.8, 4) is 0 Å². The molecule has 1 aromatic heterocycles. The minimum atomic E-state index is 0.387. The lowest BCUT2D eigenvalue weighted by molar-refractivity contribution is 0.411. The average Bonchev–Trinajstić information content (AvgIpc) is 1.87. The summed E-state index contributed by atoms with van der Waals surface area (Å²) < 4.78 is 4.92. The molecule has 0 fully saturated rings. The van der Waals surface area contributed by atoms with E-state index in [0.29, 0.717) is 10.5 Å². The molecule has 0 unspecified atom stereocenters. The molecule has 0 radical (unpaired) electrons. The van der Waals surface area contributed by atoms with Crippen LogP contribution in [0.4, 0.5) is 5.82 Å². The largest absolute Gasteiger partial charge is 0.383 e. The fourth-order valence-electron chi connectivity index (χ4n) is 0.295. The van der Waals surface area contributed by atoms with Crippen LogP contribution in [-0.4, -0.2) is 5.16 Å². The molecule has 0 bridgehead atoms. The van der Waals surface area contributed by atoms with Crippen LogP contribution in [0, 0.1) is 4.71 Å². The van der Waals surface area contributed by atoms with Gasteiger partial charge in [0.15, 0.2) is 0 Å². The van der Waals surface area contributed by atoms with Crippen LogP contribution in [0.15, 0.2) is 10.6 Å². The summed E-state index contributed by atoms with van der Waals surface area (Å²) in [4.78, 5) is 0. The van der Waals surface area contributed by atoms with Crippen LogP contribution in [0.2, 0.25) is 0 Å². The Morgan fingerprint density at radius 2 is 2.57 bits per heavy atom. The SMILES string of the molecule is Nc1cc(=S)o[nH]1. The summed E-state index contributed by atoms with van der Waals surface area (Å²) in [5, 5.41) is 2.37. The van der Waals surface area contributed by atoms with Gasteiger partial charge in [-0.25, -0.2) is 5.16 Å². The number of aromatic amines is 1. The van der Waals surface area contributed by atoms with E-state index in [2.05, 4.69) is 21.9 Å². The van der Waals surface area contributed by atoms with Gasteiger partial charge < -0.3 is 10.3 Å². The maximum absolute atomic E-state index is 5.16. The number of hydrogen-bond donors (Lipinski definition) is 2. The number of nitrogen functional groups attached to an aromatic ring is 1. The Labute approximate surface area is 45.1 Å². The molecule has 0 aromatic carbocycles. The second-order valence-corrected chi connectivity index (χ2v) is 1.53. The predicted molar refractivity (Wildman–Crippen MR) is 28.3 cm³/mol. The smallest absolute Gasteiger partial charge is 0.222 e. The van der Waals surface area contributed by atoms with Crippen LogP contribution in [0.1, 0.15) is 0 Å². The molecule has 0 aliphatic rings. The van der Waals surface area contributed by atoms with E-state index in [4.69, 9.17) is 5.73 Å². The van der Waals surface area contributed by atoms with Crippen molar-refractivity contribution in [2.75, 3.05) is 5.73 Å². The molecule has 1 aromatic rings. The van der Waals surface area contributed by atoms with Crippen molar-refractivity contribution < 1.29 is 4.52 Å². The molecule has 0 saturated heterocycles. The summed E-state index contributed by atoms with van der Waals surface area (Å²) >= 11 is 4.55. The minimum Gasteiger partial charge on any atom is -0.383 e. The van der Waals surface area contributed by atoms with Crippen molar-refractivity contribution in [3.05, 3.63) is 10.8 Å². The number of aromatic nitrogens is 1. The minimum absolute atomic E-state index is 0.387. The highest BCUT2D eigenvalue weighted by molar-refractivity contribution is 7.71. The molecule has 7 heavy (non-hydrogen) atoms. The van der Waals surface area contributed by atoms with E-state index in [0.717, 1.165) is 0 Å². The summed E-state index contributed by atoms with van der Waals surface area (Å²) in [5.41, 5.74) is 5.16. The van der Waals surface area contributed by atoms with Crippen molar-refractivity contribution in [1.82, 2.24) is 5.16 Å². The molecule has 4 heteroatoms. The quantitative estimate of drug-likeness (QED) is 0.495. The molecule has 0 amide bonds. The van der Waals surface area contributed by atoms with Crippen LogP contribution in [0.25, 0.3) is 0 Å². The van der Waals surface area contributed by atoms with Crippen molar-refractivity contribution in [3.63, 3.8) is 0 Å². The van der Waals surface area contributed by atoms with Crippen LogP contribution in [0.3, 0.4) is 0 Å². The summed E-state index contributed by atoms with van der Waals surface area (Å²) in [5.74, 6) is 0.463. The first-order valence-electron chi connectivity index (χ1n) is 1.73. The molecule has 3 N–H and O–H groups in total. The van der Waals surface area contributed by atoms with Crippen molar-refractivity contribution in [2.24, 2.45) is 0 Å². The van der Waals surface area contributed by atoms with Crippen LogP contribution < -0.4 is 5.73 Å². The maximum Gasteiger partial charge on any atom is 0.222 e. The van der Waals surface area contributed by atoms with Gasteiger partial charge >= 0.3 is 0 Å². The number of hydrogen-bond acceptors (Lipinski definition) is 3. The predicted octanol–water partition coefficient (Wildman–Crippen LogP) is 0.919. The number of rotatable bonds is 0. The monoisotopic (exact) mass is 116 g/mol. The molecule has 0 aliphatic heterocycles. The molecule has 3 nitrogen and oxygen atoms in total. The van der Waals surface area contributed by atoms with E-state index in [1.807, 2.05) is 0 Å². The lowest BCUT2D eigenvalue weighted by Crippen LogP contribution is -1.79. The second-order valence-electron chi connectivity index (χ2n) is 1.12. The first kappa shape index (κ1) is 4.39. The van der Waals surface area contributed by atoms with E-state index in [1.165, 1.54) is 6.07 Å². The van der Waals surface area contributed by atoms with Gasteiger partial charge in [0.2, 0.25) is 4.71 Å². The molecule has 0 saturated carbocycles. The highest BCUT2D eigenvalue weighted by atomic mass is 32.1. The van der Waals surface area contributed by atoms with Gasteiger partial charge in [-0.1, -0.05) is 0 Å². The van der Waals surface area contributed by atoms with Gasteiger partial charge in [0.25, 0.3) is 0 Å². The lowest BCUT2D eigenvalue weighted by Gasteiger charge is -1.69. The maximum atomic E-state index is 5.16. The molecular formula is C3H4N2OS. The van der Waals surface area contributed by atoms with Crippen molar-refractivity contribution in [1.29, 1.82) is 0 Å². The van der Waals surface area contributed by atoms with Gasteiger partial charge in [0.1, 0.15) is 5.82 Å². The van der Waals surface area contributed by atoms with Gasteiger partial charge in [-0.2, -0.15) is 0 Å². The number of H-pyrrole nitrogens is 1. The molecule has 38 valence electrons. The molecule has 0 aliphatic carbocycles. The van der Waals surface area contributed by atoms with E-state index >= 15 is 0 Å². The Kier molecular flexibility index (Phi) is 0.867. The Hall–Kier alpha value is -0.770. The Morgan fingerprint density at radius 3 is 2.71 bits per heavy atom. The zero-order valence-corrected chi connectivity index (χ0v) is 4.29. The summed E-state index contributed by atoms with van der Waals surface area (Å²) in [6.07, 6.45) is 0. The zero-order chi connectivity index (χ0) is 5.28. The van der Waals surface area contributed by atoms with E-state index < -0.39 is 0 Å². The van der Waals surface area contributed by atoms with Crippen LogP contribution in [0.5, 0.6) is 0 Å². The number of nitrogens with two attached hydrogens (primary N) is 1. The van der Waals surface area contributed by atoms with Gasteiger partial charge in [-0.3, -0.25) is 0 Å². The van der Waals surface area contributed by atoms with E-state index in [1.54, 1.807) is 0 Å². The fourth-order valence-corrected chi connectivity index (χ4v) is 0.464. The molecule has 0 atom stereocenters. The Morgan fingerprint density at radius 1 is 1.86 bits per heavy atom. The average molecular weight is 116 g/mol.